The van der Waals surface area contributed by atoms with E-state index in [4.69, 9.17) is 14.2 Å². The molecule has 7 heteroatoms. The molecule has 176 valence electrons. The van der Waals surface area contributed by atoms with Crippen LogP contribution in [0.1, 0.15) is 62.5 Å². The summed E-state index contributed by atoms with van der Waals surface area (Å²) >= 11 is 0. The van der Waals surface area contributed by atoms with Crippen molar-refractivity contribution in [3.8, 4) is 0 Å². The van der Waals surface area contributed by atoms with Crippen LogP contribution in [0.15, 0.2) is 29.3 Å². The fourth-order valence-electron chi connectivity index (χ4n) is 4.10. The van der Waals surface area contributed by atoms with Crippen LogP contribution in [0.5, 0.6) is 0 Å². The van der Waals surface area contributed by atoms with Crippen LogP contribution >= 0.6 is 24.0 Å². The molecule has 1 aromatic rings. The summed E-state index contributed by atoms with van der Waals surface area (Å²) in [5, 5.41) is 6.75. The first-order valence-electron chi connectivity index (χ1n) is 11.7. The number of halogens is 1. The number of ether oxygens (including phenoxy) is 3. The molecular formula is C24H40IN3O3. The van der Waals surface area contributed by atoms with Gasteiger partial charge in [0.05, 0.1) is 25.4 Å². The maximum Gasteiger partial charge on any atom is 0.191 e. The number of nitrogens with zero attached hydrogens (tertiary/aromatic N) is 1. The number of guanidine groups is 1. The summed E-state index contributed by atoms with van der Waals surface area (Å²) in [6, 6.07) is 8.55. The Balaban J connectivity index is 0.00000341. The Morgan fingerprint density at radius 3 is 2.42 bits per heavy atom. The number of benzene rings is 1. The Morgan fingerprint density at radius 2 is 1.68 bits per heavy atom. The summed E-state index contributed by atoms with van der Waals surface area (Å²) in [6.45, 7) is 4.51. The SMILES string of the molecule is CN=C(NCCOC1CCCCCC1)NCc1cccc(COC2CCOCC2)c1.I. The van der Waals surface area contributed by atoms with Crippen LogP contribution in [0.2, 0.25) is 0 Å². The van der Waals surface area contributed by atoms with E-state index in [0.717, 1.165) is 51.7 Å². The van der Waals surface area contributed by atoms with E-state index in [1.807, 2.05) is 0 Å². The van der Waals surface area contributed by atoms with Gasteiger partial charge in [-0.1, -0.05) is 49.9 Å². The molecule has 0 radical (unpaired) electrons. The molecular weight excluding hydrogens is 505 g/mol. The molecule has 1 aliphatic carbocycles. The highest BCUT2D eigenvalue weighted by atomic mass is 127. The quantitative estimate of drug-likeness (QED) is 0.158. The maximum absolute atomic E-state index is 6.05. The van der Waals surface area contributed by atoms with Crippen molar-refractivity contribution in [1.82, 2.24) is 10.6 Å². The van der Waals surface area contributed by atoms with Crippen molar-refractivity contribution in [2.24, 2.45) is 4.99 Å². The van der Waals surface area contributed by atoms with Gasteiger partial charge in [0.1, 0.15) is 0 Å². The number of aliphatic imine (C=N–C) groups is 1. The van der Waals surface area contributed by atoms with E-state index in [1.54, 1.807) is 7.05 Å². The molecule has 1 saturated carbocycles. The van der Waals surface area contributed by atoms with E-state index >= 15 is 0 Å². The van der Waals surface area contributed by atoms with Crippen molar-refractivity contribution in [3.63, 3.8) is 0 Å². The first-order chi connectivity index (χ1) is 14.8. The van der Waals surface area contributed by atoms with E-state index in [9.17, 15) is 0 Å². The van der Waals surface area contributed by atoms with Crippen LogP contribution in [-0.2, 0) is 27.4 Å². The number of rotatable bonds is 9. The van der Waals surface area contributed by atoms with E-state index in [2.05, 4.69) is 39.9 Å². The Labute approximate surface area is 204 Å². The van der Waals surface area contributed by atoms with Crippen molar-refractivity contribution in [3.05, 3.63) is 35.4 Å². The third-order valence-electron chi connectivity index (χ3n) is 5.88. The topological polar surface area (TPSA) is 64.1 Å². The monoisotopic (exact) mass is 545 g/mol. The van der Waals surface area contributed by atoms with Crippen molar-refractivity contribution in [1.29, 1.82) is 0 Å². The van der Waals surface area contributed by atoms with Crippen LogP contribution in [0.25, 0.3) is 0 Å². The van der Waals surface area contributed by atoms with Crippen LogP contribution in [-0.4, -0.2) is 51.6 Å². The smallest absolute Gasteiger partial charge is 0.191 e. The summed E-state index contributed by atoms with van der Waals surface area (Å²) in [7, 11) is 1.81. The first kappa shape index (κ1) is 26.4. The van der Waals surface area contributed by atoms with Gasteiger partial charge in [0.2, 0.25) is 0 Å². The summed E-state index contributed by atoms with van der Waals surface area (Å²) < 4.78 is 17.5. The lowest BCUT2D eigenvalue weighted by atomic mass is 10.1. The Bertz CT molecular complexity index is 630. The minimum Gasteiger partial charge on any atom is -0.381 e. The highest BCUT2D eigenvalue weighted by Gasteiger charge is 2.14. The molecule has 0 unspecified atom stereocenters. The summed E-state index contributed by atoms with van der Waals surface area (Å²) in [5.41, 5.74) is 2.43. The van der Waals surface area contributed by atoms with Crippen LogP contribution < -0.4 is 10.6 Å². The van der Waals surface area contributed by atoms with Crippen molar-refractivity contribution in [2.75, 3.05) is 33.4 Å². The zero-order valence-electron chi connectivity index (χ0n) is 18.9. The van der Waals surface area contributed by atoms with E-state index in [1.165, 1.54) is 49.7 Å². The molecule has 31 heavy (non-hydrogen) atoms. The van der Waals surface area contributed by atoms with E-state index < -0.39 is 0 Å². The minimum absolute atomic E-state index is 0. The van der Waals surface area contributed by atoms with Gasteiger partial charge in [-0.15, -0.1) is 24.0 Å². The van der Waals surface area contributed by atoms with Crippen LogP contribution in [0, 0.1) is 0 Å². The molecule has 1 aliphatic heterocycles. The highest BCUT2D eigenvalue weighted by molar-refractivity contribution is 14.0. The lowest BCUT2D eigenvalue weighted by Gasteiger charge is -2.22. The molecule has 0 bridgehead atoms. The molecule has 0 spiro atoms. The van der Waals surface area contributed by atoms with Gasteiger partial charge in [0.25, 0.3) is 0 Å². The van der Waals surface area contributed by atoms with Crippen molar-refractivity contribution >= 4 is 29.9 Å². The Kier molecular flexibility index (Phi) is 13.5. The third kappa shape index (κ3) is 10.5. The zero-order valence-corrected chi connectivity index (χ0v) is 21.3. The minimum atomic E-state index is 0. The number of hydrogen-bond donors (Lipinski definition) is 2. The summed E-state index contributed by atoms with van der Waals surface area (Å²) in [4.78, 5) is 4.32. The molecule has 6 nitrogen and oxygen atoms in total. The predicted octanol–water partition coefficient (Wildman–Crippen LogP) is 4.40. The van der Waals surface area contributed by atoms with Gasteiger partial charge in [0.15, 0.2) is 5.96 Å². The second-order valence-corrected chi connectivity index (χ2v) is 8.28. The molecule has 2 N–H and O–H groups in total. The van der Waals surface area contributed by atoms with Gasteiger partial charge in [-0.3, -0.25) is 4.99 Å². The van der Waals surface area contributed by atoms with Crippen molar-refractivity contribution < 1.29 is 14.2 Å². The molecule has 1 heterocycles. The molecule has 1 saturated heterocycles. The van der Waals surface area contributed by atoms with Gasteiger partial charge in [-0.2, -0.15) is 0 Å². The lowest BCUT2D eigenvalue weighted by molar-refractivity contribution is -0.0390. The van der Waals surface area contributed by atoms with Gasteiger partial charge >= 0.3 is 0 Å². The normalized spacial score (nSPS) is 18.8. The largest absolute Gasteiger partial charge is 0.381 e. The van der Waals surface area contributed by atoms with Crippen LogP contribution in [0.4, 0.5) is 0 Å². The molecule has 2 aliphatic rings. The standard InChI is InChI=1S/C24H39N3O3.HI/c1-25-24(26-13-16-29-22-9-4-2-3-5-10-22)27-18-20-7-6-8-21(17-20)19-30-23-11-14-28-15-12-23;/h6-8,17,22-23H,2-5,9-16,18-19H2,1H3,(H2,25,26,27);1H. The third-order valence-corrected chi connectivity index (χ3v) is 5.88. The molecule has 3 rings (SSSR count). The highest BCUT2D eigenvalue weighted by Crippen LogP contribution is 2.19. The summed E-state index contributed by atoms with van der Waals surface area (Å²) in [5.74, 6) is 0.809. The molecule has 0 atom stereocenters. The second kappa shape index (κ2) is 15.8. The van der Waals surface area contributed by atoms with Crippen molar-refractivity contribution in [2.45, 2.75) is 76.7 Å². The van der Waals surface area contributed by atoms with Gasteiger partial charge in [-0.25, -0.2) is 0 Å². The zero-order chi connectivity index (χ0) is 20.9. The molecule has 2 fully saturated rings. The van der Waals surface area contributed by atoms with Gasteiger partial charge < -0.3 is 24.8 Å². The molecule has 0 aromatic heterocycles. The predicted molar refractivity (Wildman–Crippen MR) is 136 cm³/mol. The van der Waals surface area contributed by atoms with Crippen LogP contribution in [0.3, 0.4) is 0 Å². The molecule has 1 aromatic carbocycles. The average molecular weight is 546 g/mol. The maximum atomic E-state index is 6.05. The number of hydrogen-bond acceptors (Lipinski definition) is 4. The first-order valence-corrected chi connectivity index (χ1v) is 11.7. The lowest BCUT2D eigenvalue weighted by Crippen LogP contribution is -2.38. The second-order valence-electron chi connectivity index (χ2n) is 8.28. The van der Waals surface area contributed by atoms with E-state index in [0.29, 0.717) is 18.8 Å². The Morgan fingerprint density at radius 1 is 0.968 bits per heavy atom. The average Bonchev–Trinajstić information content (AvgIpc) is 3.07. The number of nitrogens with one attached hydrogen (secondary N) is 2. The van der Waals surface area contributed by atoms with Gasteiger partial charge in [0, 0.05) is 33.4 Å². The van der Waals surface area contributed by atoms with E-state index in [-0.39, 0.29) is 24.0 Å². The fourth-order valence-corrected chi connectivity index (χ4v) is 4.10. The fraction of sp³-hybridized carbons (Fsp3) is 0.708. The molecule has 0 amide bonds. The summed E-state index contributed by atoms with van der Waals surface area (Å²) in [6.07, 6.45) is 10.5. The van der Waals surface area contributed by atoms with Gasteiger partial charge in [-0.05, 0) is 36.8 Å². The Hall–Kier alpha value is -0.900.